The predicted molar refractivity (Wildman–Crippen MR) is 100 cm³/mol. The number of benzene rings is 1. The SMILES string of the molecule is CCNC(=NCc1ncnn1C)N1CC[C@H](c2ccccc2)[C@@H](C)C1. The summed E-state index contributed by atoms with van der Waals surface area (Å²) in [6.07, 6.45) is 2.73. The second-order valence-corrected chi connectivity index (χ2v) is 6.70. The molecule has 1 aromatic carbocycles. The molecule has 3 rings (SSSR count). The highest BCUT2D eigenvalue weighted by atomic mass is 15.3. The summed E-state index contributed by atoms with van der Waals surface area (Å²) in [5.41, 5.74) is 1.45. The van der Waals surface area contributed by atoms with E-state index >= 15 is 0 Å². The van der Waals surface area contributed by atoms with E-state index in [1.807, 2.05) is 7.05 Å². The Morgan fingerprint density at radius 1 is 1.32 bits per heavy atom. The van der Waals surface area contributed by atoms with Crippen molar-refractivity contribution in [1.29, 1.82) is 0 Å². The molecule has 0 bridgehead atoms. The first-order valence-electron chi connectivity index (χ1n) is 9.10. The van der Waals surface area contributed by atoms with Gasteiger partial charge in [-0.05, 0) is 30.7 Å². The number of rotatable bonds is 4. The Balaban J connectivity index is 1.68. The van der Waals surface area contributed by atoms with Crippen LogP contribution in [-0.4, -0.2) is 45.3 Å². The largest absolute Gasteiger partial charge is 0.357 e. The molecular formula is C19H28N6. The van der Waals surface area contributed by atoms with Gasteiger partial charge in [0.2, 0.25) is 0 Å². The molecule has 25 heavy (non-hydrogen) atoms. The van der Waals surface area contributed by atoms with Crippen molar-refractivity contribution in [2.45, 2.75) is 32.7 Å². The van der Waals surface area contributed by atoms with Gasteiger partial charge in [-0.1, -0.05) is 37.3 Å². The predicted octanol–water partition coefficient (Wildman–Crippen LogP) is 2.41. The molecule has 1 aromatic heterocycles. The molecule has 2 heterocycles. The zero-order chi connectivity index (χ0) is 17.6. The Morgan fingerprint density at radius 3 is 2.76 bits per heavy atom. The molecule has 0 radical (unpaired) electrons. The average molecular weight is 340 g/mol. The number of hydrogen-bond acceptors (Lipinski definition) is 3. The fraction of sp³-hybridized carbons (Fsp3) is 0.526. The molecule has 1 N–H and O–H groups in total. The second kappa shape index (κ2) is 8.14. The van der Waals surface area contributed by atoms with Crippen LogP contribution in [0.5, 0.6) is 0 Å². The average Bonchev–Trinajstić information content (AvgIpc) is 3.04. The minimum Gasteiger partial charge on any atom is -0.357 e. The van der Waals surface area contributed by atoms with Gasteiger partial charge in [-0.15, -0.1) is 0 Å². The zero-order valence-corrected chi connectivity index (χ0v) is 15.4. The number of nitrogens with one attached hydrogen (secondary N) is 1. The first kappa shape index (κ1) is 17.5. The highest BCUT2D eigenvalue weighted by Crippen LogP contribution is 2.32. The van der Waals surface area contributed by atoms with Crippen LogP contribution in [0.25, 0.3) is 0 Å². The van der Waals surface area contributed by atoms with Crippen LogP contribution >= 0.6 is 0 Å². The van der Waals surface area contributed by atoms with Crippen molar-refractivity contribution in [2.24, 2.45) is 18.0 Å². The lowest BCUT2D eigenvalue weighted by Gasteiger charge is -2.39. The fourth-order valence-corrected chi connectivity index (χ4v) is 3.57. The van der Waals surface area contributed by atoms with E-state index in [0.717, 1.165) is 37.8 Å². The van der Waals surface area contributed by atoms with Gasteiger partial charge in [-0.2, -0.15) is 5.10 Å². The van der Waals surface area contributed by atoms with Gasteiger partial charge >= 0.3 is 0 Å². The van der Waals surface area contributed by atoms with Crippen LogP contribution in [0.1, 0.15) is 37.6 Å². The summed E-state index contributed by atoms with van der Waals surface area (Å²) in [6.45, 7) is 7.91. The molecule has 1 fully saturated rings. The van der Waals surface area contributed by atoms with Crippen LogP contribution in [0.4, 0.5) is 0 Å². The number of likely N-dealkylation sites (tertiary alicyclic amines) is 1. The van der Waals surface area contributed by atoms with Crippen LogP contribution in [-0.2, 0) is 13.6 Å². The van der Waals surface area contributed by atoms with Crippen molar-refractivity contribution < 1.29 is 0 Å². The highest BCUT2D eigenvalue weighted by molar-refractivity contribution is 5.80. The molecule has 0 unspecified atom stereocenters. The molecule has 1 aliphatic rings. The fourth-order valence-electron chi connectivity index (χ4n) is 3.57. The van der Waals surface area contributed by atoms with Crippen molar-refractivity contribution in [3.05, 3.63) is 48.0 Å². The van der Waals surface area contributed by atoms with E-state index in [9.17, 15) is 0 Å². The standard InChI is InChI=1S/C19H28N6/c1-4-20-19(21-12-18-22-14-23-24(18)3)25-11-10-17(15(2)13-25)16-8-6-5-7-9-16/h5-9,14-15,17H,4,10-13H2,1-3H3,(H,20,21)/t15-,17-/m0/s1. The minimum absolute atomic E-state index is 0.547. The summed E-state index contributed by atoms with van der Waals surface area (Å²) >= 11 is 0. The Morgan fingerprint density at radius 2 is 2.12 bits per heavy atom. The minimum atomic E-state index is 0.547. The molecule has 134 valence electrons. The van der Waals surface area contributed by atoms with E-state index in [1.54, 1.807) is 11.0 Å². The molecule has 0 spiro atoms. The van der Waals surface area contributed by atoms with Crippen molar-refractivity contribution in [3.63, 3.8) is 0 Å². The topological polar surface area (TPSA) is 58.3 Å². The number of guanidine groups is 1. The van der Waals surface area contributed by atoms with Gasteiger partial charge in [0.05, 0.1) is 0 Å². The molecule has 0 saturated carbocycles. The maximum absolute atomic E-state index is 4.78. The van der Waals surface area contributed by atoms with Gasteiger partial charge in [0.1, 0.15) is 18.7 Å². The number of aromatic nitrogens is 3. The Kier molecular flexibility index (Phi) is 5.68. The third-order valence-electron chi connectivity index (χ3n) is 4.94. The maximum atomic E-state index is 4.78. The molecular weight excluding hydrogens is 312 g/mol. The Bertz CT molecular complexity index is 693. The van der Waals surface area contributed by atoms with Crippen molar-refractivity contribution in [1.82, 2.24) is 25.0 Å². The lowest BCUT2D eigenvalue weighted by molar-refractivity contribution is 0.234. The van der Waals surface area contributed by atoms with Gasteiger partial charge in [0.25, 0.3) is 0 Å². The number of hydrogen-bond donors (Lipinski definition) is 1. The maximum Gasteiger partial charge on any atom is 0.194 e. The number of nitrogens with zero attached hydrogens (tertiary/aromatic N) is 5. The third-order valence-corrected chi connectivity index (χ3v) is 4.94. The van der Waals surface area contributed by atoms with Crippen LogP contribution in [0, 0.1) is 5.92 Å². The van der Waals surface area contributed by atoms with Crippen LogP contribution in [0.2, 0.25) is 0 Å². The summed E-state index contributed by atoms with van der Waals surface area (Å²) in [4.78, 5) is 11.4. The molecule has 2 aromatic rings. The third kappa shape index (κ3) is 4.18. The molecule has 1 aliphatic heterocycles. The first-order valence-corrected chi connectivity index (χ1v) is 9.10. The first-order chi connectivity index (χ1) is 12.2. The van der Waals surface area contributed by atoms with Gasteiger partial charge in [-0.3, -0.25) is 4.68 Å². The van der Waals surface area contributed by atoms with E-state index in [4.69, 9.17) is 4.99 Å². The zero-order valence-electron chi connectivity index (χ0n) is 15.4. The van der Waals surface area contributed by atoms with Gasteiger partial charge in [0.15, 0.2) is 5.96 Å². The lowest BCUT2D eigenvalue weighted by atomic mass is 9.82. The lowest BCUT2D eigenvalue weighted by Crippen LogP contribution is -2.48. The summed E-state index contributed by atoms with van der Waals surface area (Å²) < 4.78 is 1.78. The highest BCUT2D eigenvalue weighted by Gasteiger charge is 2.28. The Labute approximate surface area is 150 Å². The number of aliphatic imine (C=N–C) groups is 1. The molecule has 6 heteroatoms. The molecule has 0 aliphatic carbocycles. The second-order valence-electron chi connectivity index (χ2n) is 6.70. The molecule has 1 saturated heterocycles. The van der Waals surface area contributed by atoms with Gasteiger partial charge in [0, 0.05) is 26.7 Å². The normalized spacial score (nSPS) is 21.4. The van der Waals surface area contributed by atoms with Gasteiger partial charge < -0.3 is 10.2 Å². The number of aryl methyl sites for hydroxylation is 1. The van der Waals surface area contributed by atoms with E-state index in [-0.39, 0.29) is 0 Å². The van der Waals surface area contributed by atoms with Crippen molar-refractivity contribution in [2.75, 3.05) is 19.6 Å². The van der Waals surface area contributed by atoms with E-state index in [1.165, 1.54) is 5.56 Å². The summed E-state index contributed by atoms with van der Waals surface area (Å²) in [6, 6.07) is 10.9. The summed E-state index contributed by atoms with van der Waals surface area (Å²) in [7, 11) is 1.90. The van der Waals surface area contributed by atoms with Crippen LogP contribution < -0.4 is 5.32 Å². The number of piperidine rings is 1. The molecule has 2 atom stereocenters. The van der Waals surface area contributed by atoms with E-state index in [0.29, 0.717) is 18.4 Å². The van der Waals surface area contributed by atoms with Crippen molar-refractivity contribution >= 4 is 5.96 Å². The van der Waals surface area contributed by atoms with Crippen molar-refractivity contribution in [3.8, 4) is 0 Å². The van der Waals surface area contributed by atoms with Crippen LogP contribution in [0.3, 0.4) is 0 Å². The van der Waals surface area contributed by atoms with E-state index in [2.05, 4.69) is 64.5 Å². The van der Waals surface area contributed by atoms with E-state index < -0.39 is 0 Å². The molecule has 0 amide bonds. The molecule has 6 nitrogen and oxygen atoms in total. The Hall–Kier alpha value is -2.37. The summed E-state index contributed by atoms with van der Waals surface area (Å²) in [5.74, 6) is 3.07. The van der Waals surface area contributed by atoms with Crippen LogP contribution in [0.15, 0.2) is 41.7 Å². The quantitative estimate of drug-likeness (QED) is 0.686. The van der Waals surface area contributed by atoms with Gasteiger partial charge in [-0.25, -0.2) is 9.98 Å². The monoisotopic (exact) mass is 340 g/mol. The summed E-state index contributed by atoms with van der Waals surface area (Å²) in [5, 5.41) is 7.54. The smallest absolute Gasteiger partial charge is 0.194 e.